The number of benzene rings is 3. The van der Waals surface area contributed by atoms with Gasteiger partial charge in [0.15, 0.2) is 11.5 Å². The van der Waals surface area contributed by atoms with Crippen LogP contribution < -0.4 is 15.0 Å². The Bertz CT molecular complexity index is 1650. The molecule has 0 saturated heterocycles. The van der Waals surface area contributed by atoms with E-state index in [1.807, 2.05) is 49.4 Å². The number of halogens is 1. The Morgan fingerprint density at radius 1 is 1.12 bits per heavy atom. The molecule has 40 heavy (non-hydrogen) atoms. The topological polar surface area (TPSA) is 89.5 Å². The van der Waals surface area contributed by atoms with E-state index in [0.717, 1.165) is 34.0 Å². The lowest BCUT2D eigenvalue weighted by molar-refractivity contribution is 0.267. The minimum Gasteiger partial charge on any atom is -0.490 e. The molecule has 4 rings (SSSR count). The Hall–Kier alpha value is -4.22. The number of rotatable bonds is 12. The van der Waals surface area contributed by atoms with Gasteiger partial charge >= 0.3 is 0 Å². The summed E-state index contributed by atoms with van der Waals surface area (Å²) in [6, 6.07) is 18.8. The molecule has 1 aromatic heterocycles. The van der Waals surface area contributed by atoms with E-state index < -0.39 is 0 Å². The van der Waals surface area contributed by atoms with Gasteiger partial charge in [0.1, 0.15) is 12.4 Å². The molecule has 0 atom stereocenters. The Balaban J connectivity index is 1.75. The van der Waals surface area contributed by atoms with Crippen molar-refractivity contribution in [1.82, 2.24) is 9.66 Å². The third-order valence-electron chi connectivity index (χ3n) is 6.28. The van der Waals surface area contributed by atoms with Gasteiger partial charge in [-0.25, -0.2) is 4.98 Å². The lowest BCUT2D eigenvalue weighted by Crippen LogP contribution is -2.22. The molecule has 0 saturated carbocycles. The van der Waals surface area contributed by atoms with E-state index in [1.165, 1.54) is 4.68 Å². The van der Waals surface area contributed by atoms with E-state index >= 15 is 0 Å². The Kier molecular flexibility index (Phi) is 9.87. The van der Waals surface area contributed by atoms with E-state index in [0.29, 0.717) is 53.2 Å². The van der Waals surface area contributed by atoms with Gasteiger partial charge in [-0.05, 0) is 61.7 Å². The summed E-state index contributed by atoms with van der Waals surface area (Å²) in [6.45, 7) is 8.55. The first-order valence-electron chi connectivity index (χ1n) is 13.3. The van der Waals surface area contributed by atoms with Crippen molar-refractivity contribution in [3.05, 3.63) is 110 Å². The van der Waals surface area contributed by atoms with Crippen LogP contribution in [-0.2, 0) is 19.4 Å². The molecule has 1 heterocycles. The zero-order chi connectivity index (χ0) is 28.5. The molecule has 4 aromatic rings. The standard InChI is InChI=1S/C32H31BrN4O3/c1-4-7-13-30-36-28-15-14-26(33)18-27(28)32(38)37(30)35-20-22-16-23(10-5-2)31(29(17-22)39-6-3)40-21-25-12-9-8-11-24(25)19-34/h5,8-9,11-12,14-18,20H,2,4,6-7,10,13,21H2,1,3H3. The van der Waals surface area contributed by atoms with Crippen LogP contribution in [0.1, 0.15) is 54.8 Å². The molecule has 0 aliphatic rings. The number of nitriles is 1. The van der Waals surface area contributed by atoms with Gasteiger partial charge in [-0.2, -0.15) is 15.0 Å². The average molecular weight is 600 g/mol. The average Bonchev–Trinajstić information content (AvgIpc) is 2.96. The van der Waals surface area contributed by atoms with Gasteiger partial charge in [-0.1, -0.05) is 53.5 Å². The van der Waals surface area contributed by atoms with Crippen LogP contribution in [0.3, 0.4) is 0 Å². The zero-order valence-corrected chi connectivity index (χ0v) is 24.3. The fourth-order valence-corrected chi connectivity index (χ4v) is 4.69. The molecule has 0 aliphatic carbocycles. The number of nitrogens with zero attached hydrogens (tertiary/aromatic N) is 4. The molecule has 0 aliphatic heterocycles. The molecule has 0 radical (unpaired) electrons. The maximum Gasteiger partial charge on any atom is 0.282 e. The summed E-state index contributed by atoms with van der Waals surface area (Å²) >= 11 is 3.45. The molecule has 0 N–H and O–H groups in total. The molecule has 0 spiro atoms. The largest absolute Gasteiger partial charge is 0.490 e. The zero-order valence-electron chi connectivity index (χ0n) is 22.7. The van der Waals surface area contributed by atoms with Gasteiger partial charge in [-0.15, -0.1) is 6.58 Å². The van der Waals surface area contributed by atoms with Crippen LogP contribution in [0.4, 0.5) is 0 Å². The van der Waals surface area contributed by atoms with Gasteiger partial charge in [0.05, 0.1) is 35.4 Å². The van der Waals surface area contributed by atoms with Crippen molar-refractivity contribution in [2.24, 2.45) is 5.10 Å². The molecule has 0 fully saturated rings. The number of ether oxygens (including phenoxy) is 2. The number of allylic oxidation sites excluding steroid dienone is 1. The van der Waals surface area contributed by atoms with E-state index in [4.69, 9.17) is 14.5 Å². The first-order chi connectivity index (χ1) is 19.5. The number of aryl methyl sites for hydroxylation is 1. The van der Waals surface area contributed by atoms with Crippen molar-refractivity contribution in [1.29, 1.82) is 5.26 Å². The van der Waals surface area contributed by atoms with Crippen molar-refractivity contribution < 1.29 is 9.47 Å². The van der Waals surface area contributed by atoms with E-state index in [2.05, 4.69) is 40.6 Å². The highest BCUT2D eigenvalue weighted by atomic mass is 79.9. The highest BCUT2D eigenvalue weighted by Gasteiger charge is 2.15. The maximum atomic E-state index is 13.5. The SMILES string of the molecule is C=CCc1cc(C=Nn2c(CCCC)nc3ccc(Br)cc3c2=O)cc(OCC)c1OCc1ccccc1C#N. The lowest BCUT2D eigenvalue weighted by Gasteiger charge is -2.17. The number of fused-ring (bicyclic) bond motifs is 1. The maximum absolute atomic E-state index is 13.5. The normalized spacial score (nSPS) is 11.1. The Labute approximate surface area is 242 Å². The summed E-state index contributed by atoms with van der Waals surface area (Å²) in [5, 5.41) is 14.5. The van der Waals surface area contributed by atoms with Crippen LogP contribution in [-0.4, -0.2) is 22.5 Å². The van der Waals surface area contributed by atoms with E-state index in [9.17, 15) is 10.1 Å². The molecule has 0 amide bonds. The predicted octanol–water partition coefficient (Wildman–Crippen LogP) is 6.96. The Morgan fingerprint density at radius 3 is 2.70 bits per heavy atom. The summed E-state index contributed by atoms with van der Waals surface area (Å²) in [4.78, 5) is 18.2. The second kappa shape index (κ2) is 13.7. The van der Waals surface area contributed by atoms with Crippen LogP contribution >= 0.6 is 15.9 Å². The van der Waals surface area contributed by atoms with Gasteiger partial charge in [0.25, 0.3) is 5.56 Å². The fraction of sp³-hybridized carbons (Fsp3) is 0.250. The highest BCUT2D eigenvalue weighted by molar-refractivity contribution is 9.10. The van der Waals surface area contributed by atoms with Gasteiger partial charge in [-0.3, -0.25) is 4.79 Å². The second-order valence-electron chi connectivity index (χ2n) is 9.15. The van der Waals surface area contributed by atoms with Gasteiger partial charge in [0, 0.05) is 22.0 Å². The van der Waals surface area contributed by atoms with Crippen LogP contribution in [0.25, 0.3) is 10.9 Å². The van der Waals surface area contributed by atoms with E-state index in [-0.39, 0.29) is 12.2 Å². The number of hydrogen-bond donors (Lipinski definition) is 0. The van der Waals surface area contributed by atoms with Crippen LogP contribution in [0.2, 0.25) is 0 Å². The van der Waals surface area contributed by atoms with Gasteiger partial charge in [0.2, 0.25) is 0 Å². The summed E-state index contributed by atoms with van der Waals surface area (Å²) < 4.78 is 14.4. The van der Waals surface area contributed by atoms with Crippen molar-refractivity contribution in [3.63, 3.8) is 0 Å². The summed E-state index contributed by atoms with van der Waals surface area (Å²) in [6.07, 6.45) is 6.47. The molecule has 0 unspecified atom stereocenters. The fourth-order valence-electron chi connectivity index (χ4n) is 4.33. The van der Waals surface area contributed by atoms with Crippen molar-refractivity contribution in [2.45, 2.75) is 46.1 Å². The Morgan fingerprint density at radius 2 is 1.95 bits per heavy atom. The van der Waals surface area contributed by atoms with Crippen LogP contribution in [0.5, 0.6) is 11.5 Å². The molecular weight excluding hydrogens is 568 g/mol. The molecule has 0 bridgehead atoms. The predicted molar refractivity (Wildman–Crippen MR) is 162 cm³/mol. The molecule has 7 nitrogen and oxygen atoms in total. The lowest BCUT2D eigenvalue weighted by atomic mass is 10.1. The van der Waals surface area contributed by atoms with Gasteiger partial charge < -0.3 is 9.47 Å². The van der Waals surface area contributed by atoms with Crippen molar-refractivity contribution in [2.75, 3.05) is 6.61 Å². The number of hydrogen-bond acceptors (Lipinski definition) is 6. The second-order valence-corrected chi connectivity index (χ2v) is 10.1. The number of unbranched alkanes of at least 4 members (excludes halogenated alkanes) is 1. The third kappa shape index (κ3) is 6.67. The molecule has 8 heteroatoms. The quantitative estimate of drug-likeness (QED) is 0.130. The molecule has 204 valence electrons. The molecule has 3 aromatic carbocycles. The first-order valence-corrected chi connectivity index (χ1v) is 14.0. The minimum atomic E-state index is -0.221. The highest BCUT2D eigenvalue weighted by Crippen LogP contribution is 2.34. The summed E-state index contributed by atoms with van der Waals surface area (Å²) in [5.41, 5.74) is 3.38. The van der Waals surface area contributed by atoms with Crippen molar-refractivity contribution >= 4 is 33.0 Å². The number of aromatic nitrogens is 2. The van der Waals surface area contributed by atoms with Crippen molar-refractivity contribution in [3.8, 4) is 17.6 Å². The van der Waals surface area contributed by atoms with Crippen LogP contribution in [0.15, 0.2) is 81.6 Å². The summed E-state index contributed by atoms with van der Waals surface area (Å²) in [5.74, 6) is 1.76. The summed E-state index contributed by atoms with van der Waals surface area (Å²) in [7, 11) is 0. The first kappa shape index (κ1) is 28.8. The monoisotopic (exact) mass is 598 g/mol. The van der Waals surface area contributed by atoms with E-state index in [1.54, 1.807) is 24.4 Å². The minimum absolute atomic E-state index is 0.218. The van der Waals surface area contributed by atoms with Crippen LogP contribution in [0, 0.1) is 11.3 Å². The molecular formula is C32H31BrN4O3. The smallest absolute Gasteiger partial charge is 0.282 e. The third-order valence-corrected chi connectivity index (χ3v) is 6.77.